The Kier molecular flexibility index (Phi) is 1.91. The number of aromatic nitrogens is 2. The number of rotatable bonds is 1. The van der Waals surface area contributed by atoms with Crippen LogP contribution in [0.5, 0.6) is 5.75 Å². The molecule has 2 aromatic rings. The Hall–Kier alpha value is -1.58. The first-order valence-electron chi connectivity index (χ1n) is 4.46. The summed E-state index contributed by atoms with van der Waals surface area (Å²) in [5.41, 5.74) is 1.02. The summed E-state index contributed by atoms with van der Waals surface area (Å²) in [7, 11) is 0. The quantitative estimate of drug-likeness (QED) is 0.732. The van der Waals surface area contributed by atoms with Crippen molar-refractivity contribution in [2.75, 3.05) is 0 Å². The third-order valence-corrected chi connectivity index (χ3v) is 2.22. The van der Waals surface area contributed by atoms with E-state index in [0.717, 1.165) is 0 Å². The van der Waals surface area contributed by atoms with E-state index in [1.807, 2.05) is 13.8 Å². The van der Waals surface area contributed by atoms with E-state index in [1.165, 1.54) is 12.1 Å². The van der Waals surface area contributed by atoms with Gasteiger partial charge < -0.3 is 5.11 Å². The molecular formula is C10H11FN2O. The minimum absolute atomic E-state index is 0.0285. The number of fused-ring (bicyclic) bond motifs is 1. The molecule has 2 rings (SSSR count). The molecule has 74 valence electrons. The molecule has 14 heavy (non-hydrogen) atoms. The number of H-pyrrole nitrogens is 1. The topological polar surface area (TPSA) is 48.9 Å². The molecule has 0 fully saturated rings. The van der Waals surface area contributed by atoms with Gasteiger partial charge in [0, 0.05) is 0 Å². The van der Waals surface area contributed by atoms with Crippen LogP contribution in [0.3, 0.4) is 0 Å². The van der Waals surface area contributed by atoms with Crippen molar-refractivity contribution in [1.82, 2.24) is 10.2 Å². The second-order valence-electron chi connectivity index (χ2n) is 3.58. The highest BCUT2D eigenvalue weighted by Gasteiger charge is 2.15. The number of hydrogen-bond donors (Lipinski definition) is 2. The summed E-state index contributed by atoms with van der Waals surface area (Å²) in [4.78, 5) is 0. The predicted octanol–water partition coefficient (Wildman–Crippen LogP) is 2.53. The first-order valence-corrected chi connectivity index (χ1v) is 4.46. The van der Waals surface area contributed by atoms with Crippen molar-refractivity contribution in [2.45, 2.75) is 19.8 Å². The summed E-state index contributed by atoms with van der Waals surface area (Å²) in [6.45, 7) is 3.86. The zero-order chi connectivity index (χ0) is 10.3. The molecule has 0 spiro atoms. The van der Waals surface area contributed by atoms with Crippen LogP contribution in [0.1, 0.15) is 25.5 Å². The molecule has 1 heterocycles. The van der Waals surface area contributed by atoms with Crippen molar-refractivity contribution in [3.8, 4) is 5.75 Å². The van der Waals surface area contributed by atoms with Crippen LogP contribution < -0.4 is 0 Å². The number of nitrogens with one attached hydrogen (secondary N) is 1. The molecule has 0 aliphatic heterocycles. The summed E-state index contributed by atoms with van der Waals surface area (Å²) in [5, 5.41) is 16.5. The van der Waals surface area contributed by atoms with Crippen LogP contribution in [0.4, 0.5) is 4.39 Å². The van der Waals surface area contributed by atoms with Crippen LogP contribution >= 0.6 is 0 Å². The van der Waals surface area contributed by atoms with Crippen LogP contribution in [-0.4, -0.2) is 15.3 Å². The van der Waals surface area contributed by atoms with E-state index in [1.54, 1.807) is 0 Å². The molecule has 0 aliphatic carbocycles. The molecular weight excluding hydrogens is 183 g/mol. The summed E-state index contributed by atoms with van der Waals surface area (Å²) in [6, 6.07) is 2.57. The molecule has 2 N–H and O–H groups in total. The van der Waals surface area contributed by atoms with Gasteiger partial charge in [-0.1, -0.05) is 13.8 Å². The van der Waals surface area contributed by atoms with E-state index in [9.17, 15) is 9.50 Å². The molecule has 0 saturated heterocycles. The minimum Gasteiger partial charge on any atom is -0.506 e. The van der Waals surface area contributed by atoms with Gasteiger partial charge in [0.15, 0.2) is 0 Å². The Bertz CT molecular complexity index is 476. The van der Waals surface area contributed by atoms with Crippen molar-refractivity contribution in [3.05, 3.63) is 23.6 Å². The minimum atomic E-state index is -0.352. The zero-order valence-electron chi connectivity index (χ0n) is 8.00. The van der Waals surface area contributed by atoms with E-state index in [0.29, 0.717) is 16.6 Å². The number of hydrogen-bond acceptors (Lipinski definition) is 2. The van der Waals surface area contributed by atoms with Gasteiger partial charge in [0.05, 0.1) is 11.1 Å². The van der Waals surface area contributed by atoms with E-state index >= 15 is 0 Å². The van der Waals surface area contributed by atoms with Crippen LogP contribution in [0.25, 0.3) is 10.9 Å². The van der Waals surface area contributed by atoms with Gasteiger partial charge in [-0.25, -0.2) is 4.39 Å². The van der Waals surface area contributed by atoms with Crippen LogP contribution in [0, 0.1) is 5.82 Å². The third kappa shape index (κ3) is 1.14. The van der Waals surface area contributed by atoms with Gasteiger partial charge >= 0.3 is 0 Å². The lowest BCUT2D eigenvalue weighted by Crippen LogP contribution is -1.89. The molecule has 0 unspecified atom stereocenters. The predicted molar refractivity (Wildman–Crippen MR) is 51.8 cm³/mol. The lowest BCUT2D eigenvalue weighted by molar-refractivity contribution is 0.479. The van der Waals surface area contributed by atoms with Crippen molar-refractivity contribution in [2.24, 2.45) is 0 Å². The highest BCUT2D eigenvalue weighted by Crippen LogP contribution is 2.30. The Morgan fingerprint density at radius 2 is 2.14 bits per heavy atom. The van der Waals surface area contributed by atoms with E-state index in [-0.39, 0.29) is 17.5 Å². The first-order chi connectivity index (χ1) is 6.61. The number of phenolic OH excluding ortho intramolecular Hbond substituents is 1. The highest BCUT2D eigenvalue weighted by atomic mass is 19.1. The van der Waals surface area contributed by atoms with Crippen molar-refractivity contribution in [1.29, 1.82) is 0 Å². The number of aromatic amines is 1. The van der Waals surface area contributed by atoms with Gasteiger partial charge in [-0.3, -0.25) is 5.10 Å². The number of benzene rings is 1. The second kappa shape index (κ2) is 2.97. The van der Waals surface area contributed by atoms with Gasteiger partial charge in [-0.2, -0.15) is 5.10 Å². The van der Waals surface area contributed by atoms with E-state index < -0.39 is 0 Å². The molecule has 0 saturated carbocycles. The Morgan fingerprint density at radius 3 is 2.79 bits per heavy atom. The lowest BCUT2D eigenvalue weighted by Gasteiger charge is -2.01. The molecule has 0 radical (unpaired) electrons. The Balaban J connectivity index is 2.84. The number of nitrogens with zero attached hydrogens (tertiary/aromatic N) is 1. The van der Waals surface area contributed by atoms with E-state index in [2.05, 4.69) is 10.2 Å². The molecule has 4 heteroatoms. The van der Waals surface area contributed by atoms with Gasteiger partial charge in [-0.15, -0.1) is 0 Å². The normalized spacial score (nSPS) is 11.4. The summed E-state index contributed by atoms with van der Waals surface area (Å²) in [5.74, 6) is -0.198. The lowest BCUT2D eigenvalue weighted by atomic mass is 10.1. The smallest absolute Gasteiger partial charge is 0.141 e. The molecule has 0 aliphatic rings. The maximum atomic E-state index is 13.4. The highest BCUT2D eigenvalue weighted by molar-refractivity contribution is 5.87. The van der Waals surface area contributed by atoms with Crippen LogP contribution in [0.2, 0.25) is 0 Å². The van der Waals surface area contributed by atoms with Gasteiger partial charge in [0.1, 0.15) is 17.1 Å². The SMILES string of the molecule is CC(C)c1n[nH]c2c(O)ccc(F)c12. The standard InChI is InChI=1S/C10H11FN2O/c1-5(2)9-8-6(11)3-4-7(14)10(8)13-12-9/h3-5,14H,1-2H3,(H,12,13). The largest absolute Gasteiger partial charge is 0.506 e. The molecule has 3 nitrogen and oxygen atoms in total. The van der Waals surface area contributed by atoms with Crippen molar-refractivity contribution >= 4 is 10.9 Å². The number of halogens is 1. The first kappa shape index (κ1) is 8.99. The summed E-state index contributed by atoms with van der Waals surface area (Å²) in [6.07, 6.45) is 0. The van der Waals surface area contributed by atoms with E-state index in [4.69, 9.17) is 0 Å². The zero-order valence-corrected chi connectivity index (χ0v) is 8.00. The average molecular weight is 194 g/mol. The number of phenols is 1. The van der Waals surface area contributed by atoms with Crippen molar-refractivity contribution < 1.29 is 9.50 Å². The second-order valence-corrected chi connectivity index (χ2v) is 3.58. The summed E-state index contributed by atoms with van der Waals surface area (Å²) < 4.78 is 13.4. The monoisotopic (exact) mass is 194 g/mol. The molecule has 0 bridgehead atoms. The molecule has 0 amide bonds. The van der Waals surface area contributed by atoms with Gasteiger partial charge in [0.2, 0.25) is 0 Å². The fraction of sp³-hybridized carbons (Fsp3) is 0.300. The third-order valence-electron chi connectivity index (χ3n) is 2.22. The molecule has 1 aromatic heterocycles. The average Bonchev–Trinajstić information content (AvgIpc) is 2.56. The van der Waals surface area contributed by atoms with Crippen LogP contribution in [-0.2, 0) is 0 Å². The maximum absolute atomic E-state index is 13.4. The number of aromatic hydroxyl groups is 1. The van der Waals surface area contributed by atoms with Gasteiger partial charge in [0.25, 0.3) is 0 Å². The molecule has 0 atom stereocenters. The fourth-order valence-corrected chi connectivity index (χ4v) is 1.52. The van der Waals surface area contributed by atoms with Crippen molar-refractivity contribution in [3.63, 3.8) is 0 Å². The summed E-state index contributed by atoms with van der Waals surface area (Å²) >= 11 is 0. The van der Waals surface area contributed by atoms with Gasteiger partial charge in [-0.05, 0) is 18.1 Å². The van der Waals surface area contributed by atoms with Crippen LogP contribution in [0.15, 0.2) is 12.1 Å². The Morgan fingerprint density at radius 1 is 1.43 bits per heavy atom. The fourth-order valence-electron chi connectivity index (χ4n) is 1.52. The Labute approximate surface area is 80.6 Å². The molecule has 1 aromatic carbocycles. The maximum Gasteiger partial charge on any atom is 0.141 e.